The molecule has 0 saturated carbocycles. The molecule has 3 heteroatoms. The van der Waals surface area contributed by atoms with Gasteiger partial charge in [-0.2, -0.15) is 0 Å². The van der Waals surface area contributed by atoms with Crippen molar-refractivity contribution in [1.29, 1.82) is 0 Å². The summed E-state index contributed by atoms with van der Waals surface area (Å²) in [5.41, 5.74) is 5.30. The zero-order valence-electron chi connectivity index (χ0n) is 12.2. The maximum Gasteiger partial charge on any atom is 0.0701 e. The maximum absolute atomic E-state index is 5.62. The molecular formula is C15H25NO2. The number of hydrogen-bond acceptors (Lipinski definition) is 3. The molecule has 0 bridgehead atoms. The van der Waals surface area contributed by atoms with Gasteiger partial charge < -0.3 is 14.8 Å². The van der Waals surface area contributed by atoms with Gasteiger partial charge in [-0.3, -0.25) is 0 Å². The van der Waals surface area contributed by atoms with Gasteiger partial charge in [-0.25, -0.2) is 0 Å². The van der Waals surface area contributed by atoms with Crippen molar-refractivity contribution in [2.75, 3.05) is 34.0 Å². The Labute approximate surface area is 110 Å². The maximum atomic E-state index is 5.62. The molecule has 0 amide bonds. The van der Waals surface area contributed by atoms with E-state index in [1.165, 1.54) is 22.3 Å². The standard InChI is InChI=1S/C15H25NO2/c1-11-8-13(3)14(9-12(11)2)15(16-4)10-18-7-6-17-5/h8-9,15-16H,6-7,10H2,1-5H3. The van der Waals surface area contributed by atoms with Gasteiger partial charge in [0, 0.05) is 7.11 Å². The number of benzene rings is 1. The molecular weight excluding hydrogens is 226 g/mol. The molecule has 0 aromatic heterocycles. The Bertz CT molecular complexity index is 377. The fourth-order valence-corrected chi connectivity index (χ4v) is 2.03. The Morgan fingerprint density at radius 1 is 1.06 bits per heavy atom. The van der Waals surface area contributed by atoms with E-state index in [0.717, 1.165) is 0 Å². The minimum atomic E-state index is 0.237. The van der Waals surface area contributed by atoms with E-state index in [1.807, 2.05) is 7.05 Å². The van der Waals surface area contributed by atoms with E-state index >= 15 is 0 Å². The first-order chi connectivity index (χ1) is 8.60. The summed E-state index contributed by atoms with van der Waals surface area (Å²) < 4.78 is 10.6. The third-order valence-corrected chi connectivity index (χ3v) is 3.32. The molecule has 1 rings (SSSR count). The van der Waals surface area contributed by atoms with Crippen molar-refractivity contribution >= 4 is 0 Å². The molecule has 0 spiro atoms. The average molecular weight is 251 g/mol. The molecule has 0 aliphatic carbocycles. The molecule has 0 aliphatic rings. The third-order valence-electron chi connectivity index (χ3n) is 3.32. The topological polar surface area (TPSA) is 30.5 Å². The first kappa shape index (κ1) is 15.2. The van der Waals surface area contributed by atoms with Crippen molar-refractivity contribution < 1.29 is 9.47 Å². The summed E-state index contributed by atoms with van der Waals surface area (Å²) in [5.74, 6) is 0. The number of hydrogen-bond donors (Lipinski definition) is 1. The largest absolute Gasteiger partial charge is 0.382 e. The van der Waals surface area contributed by atoms with Crippen LogP contribution in [0.3, 0.4) is 0 Å². The van der Waals surface area contributed by atoms with Crippen molar-refractivity contribution in [1.82, 2.24) is 5.32 Å². The van der Waals surface area contributed by atoms with Gasteiger partial charge in [-0.05, 0) is 50.1 Å². The molecule has 0 heterocycles. The van der Waals surface area contributed by atoms with Gasteiger partial charge in [0.15, 0.2) is 0 Å². The van der Waals surface area contributed by atoms with Crippen LogP contribution in [-0.4, -0.2) is 34.0 Å². The van der Waals surface area contributed by atoms with Gasteiger partial charge >= 0.3 is 0 Å². The zero-order chi connectivity index (χ0) is 13.5. The van der Waals surface area contributed by atoms with Crippen molar-refractivity contribution in [2.24, 2.45) is 0 Å². The van der Waals surface area contributed by atoms with Gasteiger partial charge in [-0.15, -0.1) is 0 Å². The second-order valence-corrected chi connectivity index (χ2v) is 4.70. The highest BCUT2D eigenvalue weighted by Gasteiger charge is 2.13. The predicted octanol–water partition coefficient (Wildman–Crippen LogP) is 2.54. The Morgan fingerprint density at radius 2 is 1.72 bits per heavy atom. The Kier molecular flexibility index (Phi) is 6.33. The highest BCUT2D eigenvalue weighted by Crippen LogP contribution is 2.22. The van der Waals surface area contributed by atoms with E-state index in [0.29, 0.717) is 19.8 Å². The second kappa shape index (κ2) is 7.52. The first-order valence-electron chi connectivity index (χ1n) is 6.41. The SMILES string of the molecule is CNC(COCCOC)c1cc(C)c(C)cc1C. The average Bonchev–Trinajstić information content (AvgIpc) is 2.35. The quantitative estimate of drug-likeness (QED) is 0.755. The summed E-state index contributed by atoms with van der Waals surface area (Å²) in [6.07, 6.45) is 0. The van der Waals surface area contributed by atoms with E-state index in [9.17, 15) is 0 Å². The summed E-state index contributed by atoms with van der Waals surface area (Å²) in [6.45, 7) is 8.40. The first-order valence-corrected chi connectivity index (χ1v) is 6.41. The van der Waals surface area contributed by atoms with Crippen LogP contribution in [-0.2, 0) is 9.47 Å². The van der Waals surface area contributed by atoms with Gasteiger partial charge in [0.05, 0.1) is 25.9 Å². The molecule has 1 atom stereocenters. The number of ether oxygens (including phenoxy) is 2. The monoisotopic (exact) mass is 251 g/mol. The van der Waals surface area contributed by atoms with Gasteiger partial charge in [-0.1, -0.05) is 12.1 Å². The van der Waals surface area contributed by atoms with E-state index in [4.69, 9.17) is 9.47 Å². The lowest BCUT2D eigenvalue weighted by atomic mass is 9.96. The van der Waals surface area contributed by atoms with Gasteiger partial charge in [0.25, 0.3) is 0 Å². The molecule has 0 aliphatic heterocycles. The Hall–Kier alpha value is -0.900. The van der Waals surface area contributed by atoms with Crippen molar-refractivity contribution in [2.45, 2.75) is 26.8 Å². The molecule has 0 radical (unpaired) electrons. The smallest absolute Gasteiger partial charge is 0.0701 e. The van der Waals surface area contributed by atoms with Crippen LogP contribution in [0, 0.1) is 20.8 Å². The summed E-state index contributed by atoms with van der Waals surface area (Å²) in [4.78, 5) is 0. The lowest BCUT2D eigenvalue weighted by Gasteiger charge is -2.20. The van der Waals surface area contributed by atoms with Crippen LogP contribution in [0.2, 0.25) is 0 Å². The number of methoxy groups -OCH3 is 1. The minimum Gasteiger partial charge on any atom is -0.382 e. The molecule has 1 unspecified atom stereocenters. The summed E-state index contributed by atoms with van der Waals surface area (Å²) in [6, 6.07) is 4.73. The van der Waals surface area contributed by atoms with Crippen molar-refractivity contribution in [3.63, 3.8) is 0 Å². The molecule has 3 nitrogen and oxygen atoms in total. The zero-order valence-corrected chi connectivity index (χ0v) is 12.2. The number of likely N-dealkylation sites (N-methyl/N-ethyl adjacent to an activating group) is 1. The lowest BCUT2D eigenvalue weighted by molar-refractivity contribution is 0.0595. The van der Waals surface area contributed by atoms with Crippen molar-refractivity contribution in [3.05, 3.63) is 34.4 Å². The number of nitrogens with one attached hydrogen (secondary N) is 1. The highest BCUT2D eigenvalue weighted by molar-refractivity contribution is 5.38. The molecule has 102 valence electrons. The molecule has 0 saturated heterocycles. The normalized spacial score (nSPS) is 12.7. The Balaban J connectivity index is 2.72. The van der Waals surface area contributed by atoms with Crippen LogP contribution in [0.4, 0.5) is 0 Å². The highest BCUT2D eigenvalue weighted by atomic mass is 16.5. The predicted molar refractivity (Wildman–Crippen MR) is 75.1 cm³/mol. The fraction of sp³-hybridized carbons (Fsp3) is 0.600. The molecule has 0 fully saturated rings. The van der Waals surface area contributed by atoms with E-state index in [-0.39, 0.29) is 6.04 Å². The second-order valence-electron chi connectivity index (χ2n) is 4.70. The van der Waals surface area contributed by atoms with Crippen LogP contribution >= 0.6 is 0 Å². The van der Waals surface area contributed by atoms with Crippen LogP contribution in [0.1, 0.15) is 28.3 Å². The van der Waals surface area contributed by atoms with E-state index < -0.39 is 0 Å². The van der Waals surface area contributed by atoms with Crippen LogP contribution in [0.15, 0.2) is 12.1 Å². The molecule has 1 aromatic rings. The van der Waals surface area contributed by atoms with E-state index in [1.54, 1.807) is 7.11 Å². The third kappa shape index (κ3) is 4.09. The molecule has 1 aromatic carbocycles. The number of aryl methyl sites for hydroxylation is 3. The van der Waals surface area contributed by atoms with Gasteiger partial charge in [0.1, 0.15) is 0 Å². The van der Waals surface area contributed by atoms with Crippen molar-refractivity contribution in [3.8, 4) is 0 Å². The van der Waals surface area contributed by atoms with Crippen LogP contribution in [0.5, 0.6) is 0 Å². The summed E-state index contributed by atoms with van der Waals surface area (Å²) >= 11 is 0. The molecule has 18 heavy (non-hydrogen) atoms. The molecule has 1 N–H and O–H groups in total. The van der Waals surface area contributed by atoms with E-state index in [2.05, 4.69) is 38.2 Å². The van der Waals surface area contributed by atoms with Gasteiger partial charge in [0.2, 0.25) is 0 Å². The van der Waals surface area contributed by atoms with Crippen LogP contribution in [0.25, 0.3) is 0 Å². The summed E-state index contributed by atoms with van der Waals surface area (Å²) in [7, 11) is 3.66. The fourth-order valence-electron chi connectivity index (χ4n) is 2.03. The Morgan fingerprint density at radius 3 is 2.33 bits per heavy atom. The lowest BCUT2D eigenvalue weighted by Crippen LogP contribution is -2.23. The minimum absolute atomic E-state index is 0.237. The number of rotatable bonds is 7. The summed E-state index contributed by atoms with van der Waals surface area (Å²) in [5, 5.41) is 3.32. The van der Waals surface area contributed by atoms with Crippen LogP contribution < -0.4 is 5.32 Å².